The number of imide groups is 1. The van der Waals surface area contributed by atoms with Gasteiger partial charge >= 0.3 is 5.97 Å². The van der Waals surface area contributed by atoms with Gasteiger partial charge in [0.25, 0.3) is 5.91 Å². The number of carbonyl (C=O) groups excluding carboxylic acids is 4. The van der Waals surface area contributed by atoms with Gasteiger partial charge in [0.05, 0.1) is 12.2 Å². The lowest BCUT2D eigenvalue weighted by Gasteiger charge is -2.32. The third kappa shape index (κ3) is 3.75. The lowest BCUT2D eigenvalue weighted by Crippen LogP contribution is -2.52. The monoisotopic (exact) mass is 521 g/mol. The Morgan fingerprint density at radius 2 is 1.97 bits per heavy atom. The number of aromatic nitrogens is 1. The summed E-state index contributed by atoms with van der Waals surface area (Å²) >= 11 is 1.26. The number of fused-ring (bicyclic) bond motifs is 1. The van der Waals surface area contributed by atoms with Crippen molar-refractivity contribution in [3.63, 3.8) is 0 Å². The van der Waals surface area contributed by atoms with Crippen molar-refractivity contribution < 1.29 is 28.7 Å². The van der Waals surface area contributed by atoms with E-state index in [0.717, 1.165) is 12.8 Å². The zero-order valence-electron chi connectivity index (χ0n) is 20.2. The van der Waals surface area contributed by atoms with E-state index in [4.69, 9.17) is 9.47 Å². The minimum atomic E-state index is -0.678. The molecule has 0 radical (unpaired) electrons. The molecule has 3 unspecified atom stereocenters. The Kier molecular flexibility index (Phi) is 5.18. The second kappa shape index (κ2) is 8.37. The van der Waals surface area contributed by atoms with Gasteiger partial charge in [-0.1, -0.05) is 6.07 Å². The van der Waals surface area contributed by atoms with E-state index < -0.39 is 11.9 Å². The van der Waals surface area contributed by atoms with Crippen LogP contribution in [0.25, 0.3) is 0 Å². The van der Waals surface area contributed by atoms with Crippen LogP contribution in [-0.4, -0.2) is 45.2 Å². The maximum Gasteiger partial charge on any atom is 0.368 e. The number of benzene rings is 1. The molecule has 3 heterocycles. The van der Waals surface area contributed by atoms with Crippen molar-refractivity contribution in [2.45, 2.75) is 69.7 Å². The van der Waals surface area contributed by atoms with E-state index in [1.807, 2.05) is 0 Å². The Morgan fingerprint density at radius 1 is 1.16 bits per heavy atom. The van der Waals surface area contributed by atoms with E-state index >= 15 is 0 Å². The first-order chi connectivity index (χ1) is 17.9. The van der Waals surface area contributed by atoms with Crippen LogP contribution >= 0.6 is 11.3 Å². The van der Waals surface area contributed by atoms with Gasteiger partial charge in [0.2, 0.25) is 16.8 Å². The molecule has 1 saturated heterocycles. The summed E-state index contributed by atoms with van der Waals surface area (Å²) in [7, 11) is 0. The molecule has 5 fully saturated rings. The van der Waals surface area contributed by atoms with Crippen LogP contribution < -0.4 is 10.1 Å². The molecule has 9 nitrogen and oxygen atoms in total. The van der Waals surface area contributed by atoms with Crippen LogP contribution in [0.5, 0.6) is 5.75 Å². The second-order valence-corrected chi connectivity index (χ2v) is 12.0. The standard InChI is InChI=1S/C27H27N3O6S/c31-22-5-4-20(23(32)29-22)30-11-19-18(25(30)33)2-1-3-21(19)35-12-17-13-37-24(28-17)26(34)36-27-9-14-6-15(10-27)8-16(27)7-14/h1-3,13-16,20H,4-12H2,(H,29,31,32). The quantitative estimate of drug-likeness (QED) is 0.459. The number of rotatable bonds is 6. The third-order valence-electron chi connectivity index (χ3n) is 8.85. The molecular formula is C27H27N3O6S. The molecule has 0 spiro atoms. The smallest absolute Gasteiger partial charge is 0.368 e. The first-order valence-corrected chi connectivity index (χ1v) is 13.8. The second-order valence-electron chi connectivity index (χ2n) is 11.1. The van der Waals surface area contributed by atoms with Gasteiger partial charge in [0.15, 0.2) is 0 Å². The van der Waals surface area contributed by atoms with Crippen LogP contribution in [-0.2, 0) is 27.5 Å². The predicted octanol–water partition coefficient (Wildman–Crippen LogP) is 3.22. The highest BCUT2D eigenvalue weighted by Gasteiger charge is 2.60. The molecule has 3 amide bonds. The summed E-state index contributed by atoms with van der Waals surface area (Å²) < 4.78 is 12.2. The van der Waals surface area contributed by atoms with Gasteiger partial charge in [-0.15, -0.1) is 11.3 Å². The lowest BCUT2D eigenvalue weighted by atomic mass is 9.81. The van der Waals surface area contributed by atoms with Crippen LogP contribution in [0.3, 0.4) is 0 Å². The van der Waals surface area contributed by atoms with E-state index in [-0.39, 0.29) is 43.0 Å². The van der Waals surface area contributed by atoms with Crippen molar-refractivity contribution in [1.29, 1.82) is 0 Å². The fourth-order valence-electron chi connectivity index (χ4n) is 7.43. The highest BCUT2D eigenvalue weighted by molar-refractivity contribution is 7.11. The topological polar surface area (TPSA) is 115 Å². The number of carbonyl (C=O) groups is 4. The van der Waals surface area contributed by atoms with Crippen LogP contribution in [0, 0.1) is 17.8 Å². The first-order valence-electron chi connectivity index (χ1n) is 13.0. The Balaban J connectivity index is 1.02. The summed E-state index contributed by atoms with van der Waals surface area (Å²) in [6.45, 7) is 0.376. The van der Waals surface area contributed by atoms with Gasteiger partial charge < -0.3 is 14.4 Å². The highest BCUT2D eigenvalue weighted by Crippen LogP contribution is 2.62. The summed E-state index contributed by atoms with van der Waals surface area (Å²) in [5.41, 5.74) is 1.54. The minimum absolute atomic E-state index is 0.144. The number of piperidine rings is 1. The maximum absolute atomic E-state index is 13.0. The lowest BCUT2D eigenvalue weighted by molar-refractivity contribution is -0.136. The van der Waals surface area contributed by atoms with Gasteiger partial charge in [-0.2, -0.15) is 0 Å². The predicted molar refractivity (Wildman–Crippen MR) is 131 cm³/mol. The Morgan fingerprint density at radius 3 is 2.76 bits per heavy atom. The average Bonchev–Trinajstić information content (AvgIpc) is 3.58. The number of nitrogens with zero attached hydrogens (tertiary/aromatic N) is 2. The van der Waals surface area contributed by atoms with E-state index in [9.17, 15) is 19.2 Å². The van der Waals surface area contributed by atoms with E-state index in [2.05, 4.69) is 10.3 Å². The van der Waals surface area contributed by atoms with E-state index in [1.165, 1.54) is 35.5 Å². The first kappa shape index (κ1) is 22.9. The zero-order chi connectivity index (χ0) is 25.3. The molecule has 4 bridgehead atoms. The molecule has 192 valence electrons. The van der Waals surface area contributed by atoms with Crippen LogP contribution in [0.1, 0.15) is 76.4 Å². The van der Waals surface area contributed by atoms with Gasteiger partial charge in [0.1, 0.15) is 24.0 Å². The van der Waals surface area contributed by atoms with E-state index in [0.29, 0.717) is 51.8 Å². The van der Waals surface area contributed by atoms with Crippen LogP contribution in [0.2, 0.25) is 0 Å². The van der Waals surface area contributed by atoms with Crippen molar-refractivity contribution >= 4 is 35.0 Å². The molecule has 6 aliphatic rings. The van der Waals surface area contributed by atoms with Crippen molar-refractivity contribution in [3.05, 3.63) is 45.4 Å². The Labute approximate surface area is 217 Å². The van der Waals surface area contributed by atoms with Gasteiger partial charge in [-0.3, -0.25) is 19.7 Å². The van der Waals surface area contributed by atoms with E-state index in [1.54, 1.807) is 23.6 Å². The van der Waals surface area contributed by atoms with Crippen molar-refractivity contribution in [3.8, 4) is 5.75 Å². The summed E-state index contributed by atoms with van der Waals surface area (Å²) in [4.78, 5) is 55.8. The number of nitrogens with one attached hydrogen (secondary N) is 1. The number of hydrogen-bond donors (Lipinski definition) is 1. The number of esters is 1. The van der Waals surface area contributed by atoms with Gasteiger partial charge in [-0.25, -0.2) is 9.78 Å². The average molecular weight is 522 g/mol. The normalized spacial score (nSPS) is 31.6. The molecule has 8 rings (SSSR count). The molecule has 1 aromatic carbocycles. The summed E-state index contributed by atoms with van der Waals surface area (Å²) in [6.07, 6.45) is 6.16. The molecule has 3 atom stereocenters. The maximum atomic E-state index is 13.0. The third-order valence-corrected chi connectivity index (χ3v) is 9.72. The Bertz CT molecular complexity index is 1320. The molecule has 1 aromatic heterocycles. The summed E-state index contributed by atoms with van der Waals surface area (Å²) in [5.74, 6) is 1.11. The molecule has 2 aliphatic heterocycles. The zero-order valence-corrected chi connectivity index (χ0v) is 21.1. The van der Waals surface area contributed by atoms with Crippen LogP contribution in [0.4, 0.5) is 0 Å². The minimum Gasteiger partial charge on any atom is -0.487 e. The van der Waals surface area contributed by atoms with Crippen molar-refractivity contribution in [2.75, 3.05) is 0 Å². The van der Waals surface area contributed by atoms with Crippen molar-refractivity contribution in [2.24, 2.45) is 17.8 Å². The fraction of sp³-hybridized carbons (Fsp3) is 0.519. The Hall–Kier alpha value is -3.27. The van der Waals surface area contributed by atoms with Crippen molar-refractivity contribution in [1.82, 2.24) is 15.2 Å². The molecule has 2 aromatic rings. The van der Waals surface area contributed by atoms with Gasteiger partial charge in [-0.05, 0) is 68.4 Å². The molecule has 37 heavy (non-hydrogen) atoms. The molecular weight excluding hydrogens is 494 g/mol. The molecule has 4 saturated carbocycles. The molecule has 1 N–H and O–H groups in total. The largest absolute Gasteiger partial charge is 0.487 e. The fourth-order valence-corrected chi connectivity index (χ4v) is 8.10. The molecule has 10 heteroatoms. The number of ether oxygens (including phenoxy) is 2. The van der Waals surface area contributed by atoms with Crippen LogP contribution in [0.15, 0.2) is 23.6 Å². The van der Waals surface area contributed by atoms with Gasteiger partial charge in [0, 0.05) is 22.9 Å². The highest BCUT2D eigenvalue weighted by atomic mass is 32.1. The summed E-state index contributed by atoms with van der Waals surface area (Å²) in [6, 6.07) is 4.57. The molecule has 4 aliphatic carbocycles. The summed E-state index contributed by atoms with van der Waals surface area (Å²) in [5, 5.41) is 4.46. The number of amides is 3. The number of thiazole rings is 1. The number of hydrogen-bond acceptors (Lipinski definition) is 8. The SMILES string of the molecule is O=C1CCC(N2Cc3c(OCc4csc(C(=O)OC56CC7CC(CC5C7)C6)n4)cccc3C2=O)C(=O)N1.